The van der Waals surface area contributed by atoms with Crippen molar-refractivity contribution in [1.82, 2.24) is 34.6 Å². The van der Waals surface area contributed by atoms with Crippen molar-refractivity contribution in [3.63, 3.8) is 0 Å². The fourth-order valence-electron chi connectivity index (χ4n) is 4.34. The number of piperidine rings is 1. The monoisotopic (exact) mass is 377 g/mol. The molecule has 1 unspecified atom stereocenters. The summed E-state index contributed by atoms with van der Waals surface area (Å²) in [5.41, 5.74) is 2.60. The van der Waals surface area contributed by atoms with Crippen LogP contribution in [0.1, 0.15) is 31.0 Å². The molecule has 8 heteroatoms. The molecular formula is C20H23N7O. The van der Waals surface area contributed by atoms with Crippen LogP contribution in [0, 0.1) is 0 Å². The molecule has 2 aliphatic heterocycles. The number of amides is 1. The second kappa shape index (κ2) is 6.94. The highest BCUT2D eigenvalue weighted by Crippen LogP contribution is 2.30. The molecule has 0 N–H and O–H groups in total. The molecule has 0 aromatic carbocycles. The minimum absolute atomic E-state index is 0.0522. The van der Waals surface area contributed by atoms with E-state index in [4.69, 9.17) is 5.10 Å². The minimum Gasteiger partial charge on any atom is -0.344 e. The van der Waals surface area contributed by atoms with Crippen molar-refractivity contribution in [3.05, 3.63) is 42.5 Å². The van der Waals surface area contributed by atoms with Crippen LogP contribution in [0.2, 0.25) is 0 Å². The van der Waals surface area contributed by atoms with Gasteiger partial charge >= 0.3 is 0 Å². The molecule has 1 atom stereocenters. The molecule has 1 amide bonds. The van der Waals surface area contributed by atoms with Crippen LogP contribution < -0.4 is 0 Å². The van der Waals surface area contributed by atoms with Gasteiger partial charge in [-0.1, -0.05) is 0 Å². The molecule has 144 valence electrons. The van der Waals surface area contributed by atoms with Gasteiger partial charge in [-0.3, -0.25) is 14.7 Å². The number of hydrogen-bond donors (Lipinski definition) is 0. The largest absolute Gasteiger partial charge is 0.344 e. The zero-order valence-corrected chi connectivity index (χ0v) is 15.9. The van der Waals surface area contributed by atoms with Gasteiger partial charge in [-0.2, -0.15) is 9.61 Å². The van der Waals surface area contributed by atoms with E-state index in [0.29, 0.717) is 5.92 Å². The van der Waals surface area contributed by atoms with Crippen LogP contribution in [0.3, 0.4) is 0 Å². The second-order valence-corrected chi connectivity index (χ2v) is 7.66. The summed E-state index contributed by atoms with van der Waals surface area (Å²) in [7, 11) is 1.89. The fraction of sp³-hybridized carbons (Fsp3) is 0.450. The van der Waals surface area contributed by atoms with E-state index in [1.807, 2.05) is 46.9 Å². The van der Waals surface area contributed by atoms with Crippen LogP contribution in [0.4, 0.5) is 0 Å². The Morgan fingerprint density at radius 1 is 1.04 bits per heavy atom. The van der Waals surface area contributed by atoms with Gasteiger partial charge in [-0.15, -0.1) is 10.2 Å². The average Bonchev–Trinajstić information content (AvgIpc) is 3.32. The number of rotatable bonds is 3. The molecule has 5 rings (SSSR count). The van der Waals surface area contributed by atoms with Crippen molar-refractivity contribution < 1.29 is 4.79 Å². The Morgan fingerprint density at radius 3 is 2.61 bits per heavy atom. The van der Waals surface area contributed by atoms with Crippen molar-refractivity contribution in [3.8, 4) is 11.3 Å². The maximum absolute atomic E-state index is 12.3. The van der Waals surface area contributed by atoms with Crippen LogP contribution in [0.25, 0.3) is 16.9 Å². The molecule has 2 aliphatic rings. The summed E-state index contributed by atoms with van der Waals surface area (Å²) in [6.07, 6.45) is 6.43. The Morgan fingerprint density at radius 2 is 1.89 bits per heavy atom. The highest BCUT2D eigenvalue weighted by Gasteiger charge is 2.36. The Balaban J connectivity index is 1.36. The highest BCUT2D eigenvalue weighted by atomic mass is 16.2. The molecule has 2 fully saturated rings. The van der Waals surface area contributed by atoms with Gasteiger partial charge < -0.3 is 4.90 Å². The van der Waals surface area contributed by atoms with E-state index < -0.39 is 0 Å². The Labute approximate surface area is 163 Å². The molecule has 0 spiro atoms. The van der Waals surface area contributed by atoms with E-state index in [0.717, 1.165) is 61.6 Å². The first-order valence-electron chi connectivity index (χ1n) is 9.82. The third-order valence-corrected chi connectivity index (χ3v) is 5.98. The maximum Gasteiger partial charge on any atom is 0.239 e. The zero-order chi connectivity index (χ0) is 19.1. The van der Waals surface area contributed by atoms with E-state index >= 15 is 0 Å². The van der Waals surface area contributed by atoms with Gasteiger partial charge in [0, 0.05) is 37.5 Å². The Kier molecular flexibility index (Phi) is 4.27. The third-order valence-electron chi connectivity index (χ3n) is 5.98. The molecule has 2 saturated heterocycles. The van der Waals surface area contributed by atoms with Gasteiger partial charge in [0.25, 0.3) is 0 Å². The normalized spacial score (nSPS) is 21.7. The van der Waals surface area contributed by atoms with Crippen LogP contribution >= 0.6 is 0 Å². The molecule has 0 aliphatic carbocycles. The molecular weight excluding hydrogens is 354 g/mol. The third kappa shape index (κ3) is 2.93. The van der Waals surface area contributed by atoms with Crippen LogP contribution in [0.15, 0.2) is 36.7 Å². The molecule has 3 aromatic heterocycles. The summed E-state index contributed by atoms with van der Waals surface area (Å²) in [6.45, 7) is 2.68. The van der Waals surface area contributed by atoms with E-state index in [1.54, 1.807) is 6.20 Å². The van der Waals surface area contributed by atoms with Crippen molar-refractivity contribution in [1.29, 1.82) is 0 Å². The van der Waals surface area contributed by atoms with Crippen molar-refractivity contribution in [2.24, 2.45) is 0 Å². The molecule has 8 nitrogen and oxygen atoms in total. The summed E-state index contributed by atoms with van der Waals surface area (Å²) in [6, 6.07) is 7.87. The lowest BCUT2D eigenvalue weighted by Gasteiger charge is -2.34. The summed E-state index contributed by atoms with van der Waals surface area (Å²) >= 11 is 0. The smallest absolute Gasteiger partial charge is 0.239 e. The molecule has 3 aromatic rings. The first kappa shape index (κ1) is 17.2. The zero-order valence-electron chi connectivity index (χ0n) is 15.9. The number of pyridine rings is 1. The van der Waals surface area contributed by atoms with Crippen molar-refractivity contribution in [2.75, 3.05) is 26.7 Å². The summed E-state index contributed by atoms with van der Waals surface area (Å²) < 4.78 is 1.87. The van der Waals surface area contributed by atoms with Crippen LogP contribution in [0.5, 0.6) is 0 Å². The SMILES string of the molecule is CN1CCC(N2CCC(c3nnc4ccc(-c5cccnc5)nn34)CC2)C1=O. The number of nitrogens with zero attached hydrogens (tertiary/aromatic N) is 7. The number of likely N-dealkylation sites (N-methyl/N-ethyl adjacent to an activating group) is 1. The van der Waals surface area contributed by atoms with Gasteiger partial charge in [0.2, 0.25) is 5.91 Å². The van der Waals surface area contributed by atoms with Gasteiger partial charge in [0.15, 0.2) is 11.5 Å². The van der Waals surface area contributed by atoms with Gasteiger partial charge in [-0.05, 0) is 56.6 Å². The lowest BCUT2D eigenvalue weighted by molar-refractivity contribution is -0.131. The predicted octanol–water partition coefficient (Wildman–Crippen LogP) is 1.60. The van der Waals surface area contributed by atoms with Gasteiger partial charge in [-0.25, -0.2) is 0 Å². The Bertz CT molecular complexity index is 994. The molecule has 5 heterocycles. The number of likely N-dealkylation sites (tertiary alicyclic amines) is 2. The quantitative estimate of drug-likeness (QED) is 0.690. The van der Waals surface area contributed by atoms with E-state index in [2.05, 4.69) is 20.1 Å². The van der Waals surface area contributed by atoms with Gasteiger partial charge in [0.05, 0.1) is 11.7 Å². The number of aromatic nitrogens is 5. The van der Waals surface area contributed by atoms with Crippen LogP contribution in [-0.2, 0) is 4.79 Å². The van der Waals surface area contributed by atoms with Crippen LogP contribution in [-0.4, -0.2) is 73.2 Å². The van der Waals surface area contributed by atoms with E-state index in [1.165, 1.54) is 0 Å². The van der Waals surface area contributed by atoms with Gasteiger partial charge in [0.1, 0.15) is 0 Å². The lowest BCUT2D eigenvalue weighted by atomic mass is 9.94. The predicted molar refractivity (Wildman–Crippen MR) is 104 cm³/mol. The fourth-order valence-corrected chi connectivity index (χ4v) is 4.34. The second-order valence-electron chi connectivity index (χ2n) is 7.66. The number of carbonyl (C=O) groups excluding carboxylic acids is 1. The lowest BCUT2D eigenvalue weighted by Crippen LogP contribution is -2.45. The molecule has 0 saturated carbocycles. The first-order chi connectivity index (χ1) is 13.7. The first-order valence-corrected chi connectivity index (χ1v) is 9.82. The summed E-state index contributed by atoms with van der Waals surface area (Å²) in [5, 5.41) is 13.5. The Hall–Kier alpha value is -2.87. The highest BCUT2D eigenvalue weighted by molar-refractivity contribution is 5.83. The summed E-state index contributed by atoms with van der Waals surface area (Å²) in [5.74, 6) is 1.47. The number of fused-ring (bicyclic) bond motifs is 1. The standard InChI is InChI=1S/C20H23N7O/c1-25-10-8-17(20(25)28)26-11-6-14(7-12-26)19-23-22-18-5-4-16(24-27(18)19)15-3-2-9-21-13-15/h2-5,9,13-14,17H,6-8,10-12H2,1H3. The summed E-state index contributed by atoms with van der Waals surface area (Å²) in [4.78, 5) is 20.7. The minimum atomic E-state index is 0.0522. The molecule has 0 radical (unpaired) electrons. The molecule has 28 heavy (non-hydrogen) atoms. The maximum atomic E-state index is 12.3. The van der Waals surface area contributed by atoms with E-state index in [9.17, 15) is 4.79 Å². The average molecular weight is 377 g/mol. The van der Waals surface area contributed by atoms with E-state index in [-0.39, 0.29) is 11.9 Å². The number of carbonyl (C=O) groups is 1. The van der Waals surface area contributed by atoms with Crippen molar-refractivity contribution >= 4 is 11.6 Å². The van der Waals surface area contributed by atoms with Crippen molar-refractivity contribution in [2.45, 2.75) is 31.2 Å². The number of hydrogen-bond acceptors (Lipinski definition) is 6. The topological polar surface area (TPSA) is 79.5 Å². The molecule has 0 bridgehead atoms.